The molecule has 1 unspecified atom stereocenters. The van der Waals surface area contributed by atoms with Crippen LogP contribution in [0.1, 0.15) is 44.0 Å². The molecule has 8 heteroatoms. The first-order valence-corrected chi connectivity index (χ1v) is 11.2. The van der Waals surface area contributed by atoms with Gasteiger partial charge in [0, 0.05) is 49.0 Å². The maximum Gasteiger partial charge on any atom is 0.234 e. The Morgan fingerprint density at radius 3 is 2.47 bits per heavy atom. The van der Waals surface area contributed by atoms with E-state index in [0.717, 1.165) is 40.6 Å². The number of pyridine rings is 1. The van der Waals surface area contributed by atoms with Crippen molar-refractivity contribution in [3.8, 4) is 16.9 Å². The van der Waals surface area contributed by atoms with E-state index in [4.69, 9.17) is 9.82 Å². The highest BCUT2D eigenvalue weighted by Gasteiger charge is 2.30. The second-order valence-corrected chi connectivity index (χ2v) is 9.19. The van der Waals surface area contributed by atoms with E-state index in [0.29, 0.717) is 6.42 Å². The van der Waals surface area contributed by atoms with Crippen LogP contribution in [0, 0.1) is 6.92 Å². The van der Waals surface area contributed by atoms with E-state index in [1.807, 2.05) is 68.3 Å². The van der Waals surface area contributed by atoms with E-state index in [1.54, 1.807) is 18.7 Å². The molecular formula is C26H30N6O2. The molecule has 1 atom stereocenters. The van der Waals surface area contributed by atoms with Crippen LogP contribution in [0.25, 0.3) is 16.9 Å². The fourth-order valence-electron chi connectivity index (χ4n) is 4.05. The Morgan fingerprint density at radius 2 is 1.88 bits per heavy atom. The van der Waals surface area contributed by atoms with Gasteiger partial charge in [0.15, 0.2) is 0 Å². The van der Waals surface area contributed by atoms with Gasteiger partial charge in [-0.2, -0.15) is 0 Å². The Labute approximate surface area is 199 Å². The molecule has 0 aliphatic carbocycles. The van der Waals surface area contributed by atoms with Crippen molar-refractivity contribution in [2.24, 2.45) is 7.05 Å². The number of nitrogens with zero attached hydrogens (tertiary/aromatic N) is 6. The van der Waals surface area contributed by atoms with Gasteiger partial charge in [0.05, 0.1) is 23.3 Å². The van der Waals surface area contributed by atoms with E-state index in [-0.39, 0.29) is 0 Å². The van der Waals surface area contributed by atoms with Gasteiger partial charge in [-0.15, -0.1) is 0 Å². The highest BCUT2D eigenvalue weighted by atomic mass is 16.7. The number of carbonyl (C=O) groups excluding carboxylic acids is 1. The van der Waals surface area contributed by atoms with Gasteiger partial charge in [0.1, 0.15) is 11.9 Å². The van der Waals surface area contributed by atoms with Gasteiger partial charge in [-0.25, -0.2) is 15.0 Å². The lowest BCUT2D eigenvalue weighted by Crippen LogP contribution is -2.38. The minimum atomic E-state index is -0.546. The van der Waals surface area contributed by atoms with E-state index in [9.17, 15) is 4.79 Å². The normalized spacial score (nSPS) is 12.5. The predicted octanol–water partition coefficient (Wildman–Crippen LogP) is 4.45. The summed E-state index contributed by atoms with van der Waals surface area (Å²) in [5.74, 6) is 0.730. The Balaban J connectivity index is 1.73. The number of carbonyl (C=O) groups is 1. The van der Waals surface area contributed by atoms with Crippen molar-refractivity contribution >= 4 is 6.41 Å². The molecule has 3 aromatic heterocycles. The molecule has 4 rings (SSSR count). The lowest BCUT2D eigenvalue weighted by Gasteiger charge is -2.32. The largest absolute Gasteiger partial charge is 0.329 e. The molecule has 1 aromatic carbocycles. The van der Waals surface area contributed by atoms with Crippen molar-refractivity contribution in [2.75, 3.05) is 0 Å². The van der Waals surface area contributed by atoms with Crippen LogP contribution in [0.2, 0.25) is 0 Å². The number of benzene rings is 1. The van der Waals surface area contributed by atoms with Crippen molar-refractivity contribution in [3.05, 3.63) is 84.6 Å². The number of aromatic nitrogens is 5. The summed E-state index contributed by atoms with van der Waals surface area (Å²) < 4.78 is 4.00. The summed E-state index contributed by atoms with van der Waals surface area (Å²) in [6, 6.07) is 13.5. The molecule has 0 bridgehead atoms. The minimum absolute atomic E-state index is 0.450. The Bertz CT molecular complexity index is 1230. The van der Waals surface area contributed by atoms with Gasteiger partial charge in [-0.1, -0.05) is 18.2 Å². The fraction of sp³-hybridized carbons (Fsp3) is 0.308. The Kier molecular flexibility index (Phi) is 6.61. The molecule has 3 heterocycles. The Morgan fingerprint density at radius 1 is 1.12 bits per heavy atom. The van der Waals surface area contributed by atoms with Gasteiger partial charge in [0.25, 0.3) is 0 Å². The molecule has 0 fully saturated rings. The van der Waals surface area contributed by atoms with E-state index in [1.165, 1.54) is 5.06 Å². The van der Waals surface area contributed by atoms with E-state index in [2.05, 4.69) is 34.2 Å². The second kappa shape index (κ2) is 9.61. The number of hydrogen-bond donors (Lipinski definition) is 0. The third-order valence-electron chi connectivity index (χ3n) is 5.46. The summed E-state index contributed by atoms with van der Waals surface area (Å²) >= 11 is 0. The lowest BCUT2D eigenvalue weighted by atomic mass is 10.1. The van der Waals surface area contributed by atoms with Gasteiger partial charge >= 0.3 is 0 Å². The predicted molar refractivity (Wildman–Crippen MR) is 130 cm³/mol. The molecular weight excluding hydrogens is 428 g/mol. The van der Waals surface area contributed by atoms with Crippen molar-refractivity contribution in [1.82, 2.24) is 29.1 Å². The summed E-state index contributed by atoms with van der Waals surface area (Å²) in [6.45, 7) is 7.73. The van der Waals surface area contributed by atoms with Crippen LogP contribution in [-0.4, -0.2) is 41.2 Å². The molecule has 0 spiro atoms. The monoisotopic (exact) mass is 458 g/mol. The molecule has 0 saturated heterocycles. The topological polar surface area (TPSA) is 78.1 Å². The molecule has 0 aliphatic rings. The van der Waals surface area contributed by atoms with Crippen molar-refractivity contribution in [2.45, 2.75) is 45.8 Å². The van der Waals surface area contributed by atoms with Gasteiger partial charge in [-0.3, -0.25) is 14.6 Å². The fourth-order valence-corrected chi connectivity index (χ4v) is 4.05. The van der Waals surface area contributed by atoms with Gasteiger partial charge < -0.3 is 9.13 Å². The van der Waals surface area contributed by atoms with Crippen LogP contribution in [0.4, 0.5) is 0 Å². The molecule has 0 aliphatic heterocycles. The zero-order valence-electron chi connectivity index (χ0n) is 20.2. The summed E-state index contributed by atoms with van der Waals surface area (Å²) in [7, 11) is 1.97. The molecule has 0 N–H and O–H groups in total. The maximum atomic E-state index is 12.1. The SMILES string of the molecule is Cc1nc(C(Cc2ccccn2)N(C=O)OC(C)(C)C)n(C)c1-c1ccc(-n2ccnc2)cc1. The first kappa shape index (κ1) is 23.4. The van der Waals surface area contributed by atoms with Crippen LogP contribution in [0.5, 0.6) is 0 Å². The average Bonchev–Trinajstić information content (AvgIpc) is 3.44. The third-order valence-corrected chi connectivity index (χ3v) is 5.46. The zero-order valence-corrected chi connectivity index (χ0v) is 20.2. The average molecular weight is 459 g/mol. The highest BCUT2D eigenvalue weighted by molar-refractivity contribution is 5.64. The summed E-state index contributed by atoms with van der Waals surface area (Å²) in [6.07, 6.45) is 8.38. The maximum absolute atomic E-state index is 12.1. The lowest BCUT2D eigenvalue weighted by molar-refractivity contribution is -0.235. The van der Waals surface area contributed by atoms with Crippen LogP contribution in [-0.2, 0) is 23.1 Å². The third kappa shape index (κ3) is 5.07. The molecule has 34 heavy (non-hydrogen) atoms. The summed E-state index contributed by atoms with van der Waals surface area (Å²) in [5, 5.41) is 1.36. The molecule has 0 radical (unpaired) electrons. The second-order valence-electron chi connectivity index (χ2n) is 9.19. The smallest absolute Gasteiger partial charge is 0.234 e. The standard InChI is InChI=1S/C26H30N6O2/c1-19-24(20-9-11-22(12-10-20)31-15-14-27-17-31)30(5)25(29-19)23(16-21-8-6-7-13-28-21)32(18-33)34-26(2,3)4/h6-15,17-18,23H,16H2,1-5H3. The molecule has 8 nitrogen and oxygen atoms in total. The first-order valence-electron chi connectivity index (χ1n) is 11.2. The van der Waals surface area contributed by atoms with E-state index < -0.39 is 11.6 Å². The van der Waals surface area contributed by atoms with Crippen molar-refractivity contribution in [3.63, 3.8) is 0 Å². The molecule has 4 aromatic rings. The van der Waals surface area contributed by atoms with Crippen molar-refractivity contribution < 1.29 is 9.63 Å². The molecule has 1 amide bonds. The molecule has 176 valence electrons. The van der Waals surface area contributed by atoms with Gasteiger partial charge in [0.2, 0.25) is 6.41 Å². The number of aryl methyl sites for hydroxylation is 1. The summed E-state index contributed by atoms with van der Waals surface area (Å²) in [4.78, 5) is 31.6. The van der Waals surface area contributed by atoms with Crippen molar-refractivity contribution in [1.29, 1.82) is 0 Å². The first-order chi connectivity index (χ1) is 16.3. The van der Waals surface area contributed by atoms with Crippen LogP contribution in [0.3, 0.4) is 0 Å². The molecule has 0 saturated carbocycles. The number of hydroxylamine groups is 2. The number of rotatable bonds is 8. The van der Waals surface area contributed by atoms with Gasteiger partial charge in [-0.05, 0) is 52.0 Å². The summed E-state index contributed by atoms with van der Waals surface area (Å²) in [5.41, 5.74) is 4.23. The zero-order chi connectivity index (χ0) is 24.3. The number of amides is 1. The quantitative estimate of drug-likeness (QED) is 0.288. The van der Waals surface area contributed by atoms with E-state index >= 15 is 0 Å². The Hall–Kier alpha value is -3.78. The number of hydrogen-bond acceptors (Lipinski definition) is 5. The number of imidazole rings is 2. The highest BCUT2D eigenvalue weighted by Crippen LogP contribution is 2.31. The van der Waals surface area contributed by atoms with Crippen LogP contribution in [0.15, 0.2) is 67.4 Å². The van der Waals surface area contributed by atoms with Crippen LogP contribution < -0.4 is 0 Å². The minimum Gasteiger partial charge on any atom is -0.329 e. The van der Waals surface area contributed by atoms with Crippen LogP contribution >= 0.6 is 0 Å².